The third-order valence-corrected chi connectivity index (χ3v) is 9.50. The second kappa shape index (κ2) is 40.3. The molecule has 0 fully saturated rings. The monoisotopic (exact) mass is 810 g/mol. The van der Waals surface area contributed by atoms with Crippen molar-refractivity contribution in [2.45, 2.75) is 174 Å². The number of hydrogen-bond acceptors (Lipinski definition) is 7. The summed E-state index contributed by atoms with van der Waals surface area (Å²) in [4.78, 5) is 36.8. The van der Waals surface area contributed by atoms with Gasteiger partial charge >= 0.3 is 11.9 Å². The molecule has 0 N–H and O–H groups in total. The Balaban J connectivity index is 4.53. The first-order valence-electron chi connectivity index (χ1n) is 22.6. The van der Waals surface area contributed by atoms with Gasteiger partial charge < -0.3 is 28.6 Å². The number of ether oxygens (including phenoxy) is 3. The number of carboxylic acid groups (broad SMARTS) is 1. The Hall–Kier alpha value is -3.49. The number of carbonyl (C=O) groups is 3. The molecule has 2 atom stereocenters. The fourth-order valence-electron chi connectivity index (χ4n) is 5.96. The lowest BCUT2D eigenvalue weighted by atomic mass is 10.1. The molecule has 0 saturated heterocycles. The van der Waals surface area contributed by atoms with E-state index in [0.29, 0.717) is 12.8 Å². The van der Waals surface area contributed by atoms with Gasteiger partial charge in [0, 0.05) is 19.3 Å². The second-order valence-electron chi connectivity index (χ2n) is 15.9. The van der Waals surface area contributed by atoms with Crippen LogP contribution >= 0.6 is 0 Å². The molecule has 8 heteroatoms. The Morgan fingerprint density at radius 1 is 0.517 bits per heavy atom. The van der Waals surface area contributed by atoms with Gasteiger partial charge in [0.05, 0.1) is 40.3 Å². The summed E-state index contributed by atoms with van der Waals surface area (Å²) in [6.45, 7) is 4.50. The maximum absolute atomic E-state index is 12.7. The Morgan fingerprint density at radius 2 is 0.914 bits per heavy atom. The Labute approximate surface area is 354 Å². The molecule has 2 unspecified atom stereocenters. The van der Waals surface area contributed by atoms with Crippen LogP contribution in [0.15, 0.2) is 85.1 Å². The molecule has 330 valence electrons. The largest absolute Gasteiger partial charge is 0.544 e. The minimum atomic E-state index is -1.14. The van der Waals surface area contributed by atoms with Gasteiger partial charge in [0.2, 0.25) is 0 Å². The lowest BCUT2D eigenvalue weighted by molar-refractivity contribution is -0.889. The molecule has 8 nitrogen and oxygen atoms in total. The molecule has 0 aliphatic carbocycles. The van der Waals surface area contributed by atoms with Gasteiger partial charge in [0.1, 0.15) is 12.6 Å². The number of allylic oxidation sites excluding steroid dienone is 14. The molecular weight excluding hydrogens is 727 g/mol. The summed E-state index contributed by atoms with van der Waals surface area (Å²) >= 11 is 0. The molecule has 0 amide bonds. The number of carboxylic acids is 1. The second-order valence-corrected chi connectivity index (χ2v) is 15.9. The molecule has 0 radical (unpaired) electrons. The lowest BCUT2D eigenvalue weighted by Gasteiger charge is -2.34. The highest BCUT2D eigenvalue weighted by Gasteiger charge is 2.25. The Morgan fingerprint density at radius 3 is 1.38 bits per heavy atom. The molecule has 0 aliphatic heterocycles. The first kappa shape index (κ1) is 54.5. The van der Waals surface area contributed by atoms with Gasteiger partial charge in [-0.15, -0.1) is 0 Å². The normalized spacial score (nSPS) is 13.7. The zero-order chi connectivity index (χ0) is 42.8. The lowest BCUT2D eigenvalue weighted by Crippen LogP contribution is -2.55. The highest BCUT2D eigenvalue weighted by atomic mass is 16.6. The smallest absolute Gasteiger partial charge is 0.306 e. The first-order valence-corrected chi connectivity index (χ1v) is 22.6. The Bertz CT molecular complexity index is 1220. The molecule has 0 spiro atoms. The highest BCUT2D eigenvalue weighted by molar-refractivity contribution is 5.70. The van der Waals surface area contributed by atoms with Crippen molar-refractivity contribution < 1.29 is 38.2 Å². The molecule has 0 rings (SSSR count). The van der Waals surface area contributed by atoms with Crippen LogP contribution in [0.1, 0.15) is 162 Å². The number of esters is 2. The summed E-state index contributed by atoms with van der Waals surface area (Å²) in [5.74, 6) is -1.89. The van der Waals surface area contributed by atoms with Crippen molar-refractivity contribution in [2.24, 2.45) is 0 Å². The van der Waals surface area contributed by atoms with Crippen LogP contribution in [0.4, 0.5) is 0 Å². The summed E-state index contributed by atoms with van der Waals surface area (Å²) < 4.78 is 17.0. The van der Waals surface area contributed by atoms with E-state index in [1.54, 1.807) is 21.1 Å². The van der Waals surface area contributed by atoms with Crippen molar-refractivity contribution in [2.75, 3.05) is 41.0 Å². The molecule has 0 saturated carbocycles. The van der Waals surface area contributed by atoms with Gasteiger partial charge in [-0.2, -0.15) is 0 Å². The minimum Gasteiger partial charge on any atom is -0.544 e. The van der Waals surface area contributed by atoms with Gasteiger partial charge in [0.15, 0.2) is 6.10 Å². The van der Waals surface area contributed by atoms with Crippen LogP contribution in [-0.4, -0.2) is 75.5 Å². The van der Waals surface area contributed by atoms with Crippen molar-refractivity contribution in [3.63, 3.8) is 0 Å². The molecule has 0 bridgehead atoms. The van der Waals surface area contributed by atoms with E-state index in [-0.39, 0.29) is 55.5 Å². The molecule has 0 aromatic heterocycles. The van der Waals surface area contributed by atoms with Crippen LogP contribution in [0.2, 0.25) is 0 Å². The maximum Gasteiger partial charge on any atom is 0.306 e. The van der Waals surface area contributed by atoms with Crippen LogP contribution in [0, 0.1) is 0 Å². The van der Waals surface area contributed by atoms with E-state index in [2.05, 4.69) is 98.9 Å². The van der Waals surface area contributed by atoms with Gasteiger partial charge in [0.25, 0.3) is 0 Å². The first-order chi connectivity index (χ1) is 28.1. The molecule has 0 aromatic carbocycles. The summed E-state index contributed by atoms with van der Waals surface area (Å²) in [6, 6.07) is -0.747. The fraction of sp³-hybridized carbons (Fsp3) is 0.660. The highest BCUT2D eigenvalue weighted by Crippen LogP contribution is 2.11. The topological polar surface area (TPSA) is 102 Å². The number of nitrogens with zero attached hydrogens (tertiary/aromatic N) is 1. The van der Waals surface area contributed by atoms with Gasteiger partial charge in [-0.25, -0.2) is 0 Å². The van der Waals surface area contributed by atoms with E-state index >= 15 is 0 Å². The van der Waals surface area contributed by atoms with E-state index in [1.165, 1.54) is 64.2 Å². The quantitative estimate of drug-likeness (QED) is 0.0264. The minimum absolute atomic E-state index is 0.00137. The van der Waals surface area contributed by atoms with Gasteiger partial charge in [-0.1, -0.05) is 144 Å². The number of carbonyl (C=O) groups excluding carboxylic acids is 3. The summed E-state index contributed by atoms with van der Waals surface area (Å²) in [5.41, 5.74) is 0. The van der Waals surface area contributed by atoms with E-state index in [9.17, 15) is 19.5 Å². The predicted octanol–water partition coefficient (Wildman–Crippen LogP) is 11.2. The zero-order valence-electron chi connectivity index (χ0n) is 37.4. The van der Waals surface area contributed by atoms with Crippen LogP contribution in [-0.2, 0) is 28.6 Å². The molecule has 0 aromatic rings. The van der Waals surface area contributed by atoms with Gasteiger partial charge in [-0.3, -0.25) is 9.59 Å². The van der Waals surface area contributed by atoms with E-state index in [0.717, 1.165) is 51.4 Å². The third kappa shape index (κ3) is 38.1. The fourth-order valence-corrected chi connectivity index (χ4v) is 5.96. The number of rotatable bonds is 39. The van der Waals surface area contributed by atoms with Crippen LogP contribution in [0.25, 0.3) is 0 Å². The number of unbranched alkanes of at least 4 members (excludes halogenated alkanes) is 11. The summed E-state index contributed by atoms with van der Waals surface area (Å²) in [6.07, 6.45) is 51.9. The van der Waals surface area contributed by atoms with Crippen LogP contribution in [0.3, 0.4) is 0 Å². The van der Waals surface area contributed by atoms with Crippen molar-refractivity contribution in [3.8, 4) is 0 Å². The van der Waals surface area contributed by atoms with Crippen LogP contribution < -0.4 is 5.11 Å². The van der Waals surface area contributed by atoms with Crippen molar-refractivity contribution in [3.05, 3.63) is 85.1 Å². The maximum atomic E-state index is 12.7. The van der Waals surface area contributed by atoms with Crippen molar-refractivity contribution >= 4 is 17.9 Å². The standard InChI is InChI=1S/C50H83NO7/c1-6-8-10-12-14-16-18-20-22-24-26-28-30-32-34-36-38-40-48(52)57-45-46(44-56-43-42-47(50(54)55)51(3,4)5)58-49(53)41-39-37-35-33-31-29-27-25-23-21-19-17-15-13-11-9-7-2/h14,16,20-23,26-29,32-35,46-47H,6-13,15,17-19,24-25,30-31,36-45H2,1-5H3/b16-14+,22-20+,23-21+,28-26+,29-27+,34-32+,35-33+. The number of likely N-dealkylation sites (N-methyl/N-ethyl adjacent to an activating group) is 1. The van der Waals surface area contributed by atoms with Crippen molar-refractivity contribution in [1.82, 2.24) is 0 Å². The number of quaternary nitrogens is 1. The van der Waals surface area contributed by atoms with E-state index < -0.39 is 18.1 Å². The summed E-state index contributed by atoms with van der Waals surface area (Å²) in [7, 11) is 5.36. The zero-order valence-corrected chi connectivity index (χ0v) is 37.4. The predicted molar refractivity (Wildman–Crippen MR) is 240 cm³/mol. The number of aliphatic carboxylic acids is 1. The van der Waals surface area contributed by atoms with E-state index in [1.807, 2.05) is 0 Å². The molecular formula is C50H83NO7. The Kier molecular flexibility index (Phi) is 37.9. The molecule has 0 aliphatic rings. The third-order valence-electron chi connectivity index (χ3n) is 9.50. The average molecular weight is 810 g/mol. The number of hydrogen-bond donors (Lipinski definition) is 0. The summed E-state index contributed by atoms with van der Waals surface area (Å²) in [5, 5.41) is 11.6. The molecule has 0 heterocycles. The SMILES string of the molecule is CCCCC/C=C/C/C=C/C/C=C/C/C=C/CCCC(=O)OCC(COCCC(C(=O)[O-])[N+](C)(C)C)OC(=O)CCC/C=C/C/C=C/C/C=C/CCCCCCCC. The van der Waals surface area contributed by atoms with Crippen molar-refractivity contribution in [1.29, 1.82) is 0 Å². The molecule has 58 heavy (non-hydrogen) atoms. The van der Waals surface area contributed by atoms with Crippen LogP contribution in [0.5, 0.6) is 0 Å². The average Bonchev–Trinajstić information content (AvgIpc) is 3.18. The van der Waals surface area contributed by atoms with E-state index in [4.69, 9.17) is 14.2 Å². The van der Waals surface area contributed by atoms with Gasteiger partial charge in [-0.05, 0) is 83.5 Å².